The molecule has 2 aliphatic rings. The molecular formula is C22H32N2O7S. The van der Waals surface area contributed by atoms with Gasteiger partial charge in [0.15, 0.2) is 22.2 Å². The van der Waals surface area contributed by atoms with Crippen LogP contribution in [0.2, 0.25) is 0 Å². The van der Waals surface area contributed by atoms with Crippen molar-refractivity contribution in [2.45, 2.75) is 70.5 Å². The maximum Gasteiger partial charge on any atom is 0.329 e. The fraction of sp³-hybridized carbons (Fsp3) is 0.682. The van der Waals surface area contributed by atoms with Gasteiger partial charge in [0.05, 0.1) is 17.8 Å². The number of hydrogen-bond acceptors (Lipinski definition) is 7. The van der Waals surface area contributed by atoms with Gasteiger partial charge in [0.2, 0.25) is 0 Å². The van der Waals surface area contributed by atoms with Gasteiger partial charge in [-0.1, -0.05) is 33.1 Å². The summed E-state index contributed by atoms with van der Waals surface area (Å²) in [6.07, 6.45) is 6.49. The van der Waals surface area contributed by atoms with Crippen LogP contribution < -0.4 is 5.32 Å². The number of sulfone groups is 1. The summed E-state index contributed by atoms with van der Waals surface area (Å²) in [5.41, 5.74) is 0. The Morgan fingerprint density at radius 1 is 1.16 bits per heavy atom. The van der Waals surface area contributed by atoms with Gasteiger partial charge >= 0.3 is 5.97 Å². The fourth-order valence-electron chi connectivity index (χ4n) is 4.47. The minimum absolute atomic E-state index is 0.0344. The van der Waals surface area contributed by atoms with Crippen LogP contribution in [0.1, 0.15) is 62.9 Å². The number of nitrogens with one attached hydrogen (secondary N) is 1. The van der Waals surface area contributed by atoms with E-state index in [4.69, 9.17) is 9.15 Å². The summed E-state index contributed by atoms with van der Waals surface area (Å²) in [6.45, 7) is 3.04. The fourth-order valence-corrected chi connectivity index (χ4v) is 6.19. The summed E-state index contributed by atoms with van der Waals surface area (Å²) in [5, 5.41) is 2.59. The topological polar surface area (TPSA) is 123 Å². The standard InChI is InChI=1S/C22H32N2O7S/c1-15(2)20(23-21(26)18-9-6-11-30-18)22(27)31-13-19(25)24(16-7-4-3-5-8-16)17-10-12-32(28,29)14-17/h6,9,11,15-17,20H,3-5,7-8,10,12-14H2,1-2H3,(H,23,26). The normalized spacial score (nSPS) is 21.8. The van der Waals surface area contributed by atoms with Crippen LogP contribution in [0.15, 0.2) is 22.8 Å². The highest BCUT2D eigenvalue weighted by Gasteiger charge is 2.39. The van der Waals surface area contributed by atoms with Crippen molar-refractivity contribution in [3.8, 4) is 0 Å². The molecule has 2 atom stereocenters. The van der Waals surface area contributed by atoms with Gasteiger partial charge in [-0.05, 0) is 37.3 Å². The maximum absolute atomic E-state index is 13.1. The van der Waals surface area contributed by atoms with Gasteiger partial charge in [0.25, 0.3) is 11.8 Å². The zero-order valence-electron chi connectivity index (χ0n) is 18.6. The number of rotatable bonds is 8. The summed E-state index contributed by atoms with van der Waals surface area (Å²) >= 11 is 0. The Balaban J connectivity index is 1.64. The van der Waals surface area contributed by atoms with Crippen molar-refractivity contribution in [3.63, 3.8) is 0 Å². The Kier molecular flexibility index (Phi) is 7.97. The molecule has 1 saturated heterocycles. The number of esters is 1. The lowest BCUT2D eigenvalue weighted by Crippen LogP contribution is -2.51. The van der Waals surface area contributed by atoms with Crippen molar-refractivity contribution >= 4 is 27.6 Å². The number of ether oxygens (including phenoxy) is 1. The van der Waals surface area contributed by atoms with Crippen LogP contribution in [0.5, 0.6) is 0 Å². The molecule has 0 aromatic carbocycles. The number of carbonyl (C=O) groups is 3. The van der Waals surface area contributed by atoms with E-state index in [1.54, 1.807) is 24.8 Å². The van der Waals surface area contributed by atoms with Crippen molar-refractivity contribution in [1.82, 2.24) is 10.2 Å². The van der Waals surface area contributed by atoms with Crippen molar-refractivity contribution in [2.75, 3.05) is 18.1 Å². The van der Waals surface area contributed by atoms with Crippen molar-refractivity contribution < 1.29 is 32.0 Å². The summed E-state index contributed by atoms with van der Waals surface area (Å²) in [4.78, 5) is 39.7. The number of amides is 2. The number of nitrogens with zero attached hydrogens (tertiary/aromatic N) is 1. The predicted octanol–water partition coefficient (Wildman–Crippen LogP) is 1.93. The summed E-state index contributed by atoms with van der Waals surface area (Å²) in [5.74, 6) is -1.81. The van der Waals surface area contributed by atoms with E-state index in [0.717, 1.165) is 32.1 Å². The molecule has 10 heteroatoms. The van der Waals surface area contributed by atoms with E-state index in [0.29, 0.717) is 6.42 Å². The Bertz CT molecular complexity index is 905. The monoisotopic (exact) mass is 468 g/mol. The van der Waals surface area contributed by atoms with Gasteiger partial charge in [-0.25, -0.2) is 13.2 Å². The molecule has 1 aromatic heterocycles. The summed E-state index contributed by atoms with van der Waals surface area (Å²) in [6, 6.07) is 1.69. The third kappa shape index (κ3) is 6.11. The average molecular weight is 469 g/mol. The lowest BCUT2D eigenvalue weighted by molar-refractivity contribution is -0.156. The van der Waals surface area contributed by atoms with Crippen LogP contribution >= 0.6 is 0 Å². The molecule has 3 rings (SSSR count). The molecule has 1 aromatic rings. The molecule has 2 amide bonds. The molecule has 0 radical (unpaired) electrons. The highest BCUT2D eigenvalue weighted by molar-refractivity contribution is 7.91. The van der Waals surface area contributed by atoms with Crippen molar-refractivity contribution in [3.05, 3.63) is 24.2 Å². The molecule has 2 heterocycles. The van der Waals surface area contributed by atoms with Gasteiger partial charge in [-0.3, -0.25) is 9.59 Å². The molecule has 32 heavy (non-hydrogen) atoms. The Labute approximate surface area is 188 Å². The molecule has 178 valence electrons. The van der Waals surface area contributed by atoms with Crippen LogP contribution in [0.3, 0.4) is 0 Å². The first-order chi connectivity index (χ1) is 15.2. The van der Waals surface area contributed by atoms with Gasteiger partial charge in [0.1, 0.15) is 6.04 Å². The molecule has 0 bridgehead atoms. The second-order valence-corrected chi connectivity index (χ2v) is 11.2. The average Bonchev–Trinajstić information content (AvgIpc) is 3.41. The maximum atomic E-state index is 13.1. The van der Waals surface area contributed by atoms with Gasteiger partial charge in [0, 0.05) is 12.1 Å². The minimum atomic E-state index is -3.16. The first-order valence-corrected chi connectivity index (χ1v) is 13.0. The Morgan fingerprint density at radius 2 is 1.88 bits per heavy atom. The predicted molar refractivity (Wildman–Crippen MR) is 117 cm³/mol. The van der Waals surface area contributed by atoms with Crippen LogP contribution in [0, 0.1) is 5.92 Å². The Morgan fingerprint density at radius 3 is 2.44 bits per heavy atom. The third-order valence-electron chi connectivity index (χ3n) is 6.15. The molecule has 0 spiro atoms. The quantitative estimate of drug-likeness (QED) is 0.578. The summed E-state index contributed by atoms with van der Waals surface area (Å²) in [7, 11) is -3.16. The highest BCUT2D eigenvalue weighted by atomic mass is 32.2. The Hall–Kier alpha value is -2.36. The van der Waals surface area contributed by atoms with E-state index in [1.165, 1.54) is 12.3 Å². The van der Waals surface area contributed by atoms with Crippen LogP contribution in [0.25, 0.3) is 0 Å². The second-order valence-electron chi connectivity index (χ2n) is 8.93. The van der Waals surface area contributed by atoms with Crippen molar-refractivity contribution in [2.24, 2.45) is 5.92 Å². The van der Waals surface area contributed by atoms with E-state index < -0.39 is 34.4 Å². The van der Waals surface area contributed by atoms with E-state index >= 15 is 0 Å². The lowest BCUT2D eigenvalue weighted by atomic mass is 9.93. The SMILES string of the molecule is CC(C)C(NC(=O)c1ccco1)C(=O)OCC(=O)N(C1CCCCC1)C1CCS(=O)(=O)C1. The van der Waals surface area contributed by atoms with Gasteiger partial charge < -0.3 is 19.4 Å². The lowest BCUT2D eigenvalue weighted by Gasteiger charge is -2.38. The first-order valence-electron chi connectivity index (χ1n) is 11.2. The van der Waals surface area contributed by atoms with Crippen LogP contribution in [0.4, 0.5) is 0 Å². The van der Waals surface area contributed by atoms with E-state index in [2.05, 4.69) is 5.32 Å². The molecule has 1 saturated carbocycles. The number of furan rings is 1. The number of hydrogen-bond donors (Lipinski definition) is 1. The van der Waals surface area contributed by atoms with Gasteiger partial charge in [-0.15, -0.1) is 0 Å². The van der Waals surface area contributed by atoms with E-state index in [-0.39, 0.29) is 41.2 Å². The highest BCUT2D eigenvalue weighted by Crippen LogP contribution is 2.28. The largest absolute Gasteiger partial charge is 0.459 e. The summed E-state index contributed by atoms with van der Waals surface area (Å²) < 4.78 is 34.4. The zero-order valence-corrected chi connectivity index (χ0v) is 19.4. The molecule has 2 unspecified atom stereocenters. The van der Waals surface area contributed by atoms with Crippen molar-refractivity contribution in [1.29, 1.82) is 0 Å². The second kappa shape index (κ2) is 10.5. The minimum Gasteiger partial charge on any atom is -0.459 e. The molecule has 1 aliphatic heterocycles. The number of carbonyl (C=O) groups excluding carboxylic acids is 3. The zero-order chi connectivity index (χ0) is 23.3. The molecule has 2 fully saturated rings. The first kappa shape index (κ1) is 24.3. The molecule has 9 nitrogen and oxygen atoms in total. The van der Waals surface area contributed by atoms with Crippen LogP contribution in [-0.4, -0.2) is 67.3 Å². The molecular weight excluding hydrogens is 436 g/mol. The molecule has 1 aliphatic carbocycles. The third-order valence-corrected chi connectivity index (χ3v) is 7.90. The van der Waals surface area contributed by atoms with E-state index in [9.17, 15) is 22.8 Å². The smallest absolute Gasteiger partial charge is 0.329 e. The molecule has 1 N–H and O–H groups in total. The van der Waals surface area contributed by atoms with E-state index in [1.807, 2.05) is 0 Å². The van der Waals surface area contributed by atoms with Crippen LogP contribution in [-0.2, 0) is 24.2 Å². The van der Waals surface area contributed by atoms with Gasteiger partial charge in [-0.2, -0.15) is 0 Å².